The number of nitrogens with zero attached hydrogens (tertiary/aromatic N) is 5. The molecule has 4 amide bonds. The molecule has 4 aromatic rings. The standard InChI is InChI=1S/C36H46N8O6S2/c1-19(2)31(38-21(5)46)34(49)43-12-6-8-24(43)26(47)14-22-16-42-17-29(52-36(42)39-22)28-11-10-27(51-28)23-15-37-33(40-23)25-9-7-13-44(25)35(50)32(20(3)4)41-30(48)18-45/h10-11,15-17,19-20,24-25,31-32,45H,6-9,12-14,18H2,1-5H3,(H,37,40)(H,38,46)(H,41,48)/t24-,25-,31-,32-/m0/s1. The number of Topliss-reactive ketones (excluding diaryl/α,β-unsaturated/α-hetero) is 1. The van der Waals surface area contributed by atoms with Gasteiger partial charge in [-0.1, -0.05) is 39.0 Å². The second kappa shape index (κ2) is 15.7. The number of aromatic amines is 1. The van der Waals surface area contributed by atoms with Gasteiger partial charge in [0, 0.05) is 37.3 Å². The van der Waals surface area contributed by atoms with Gasteiger partial charge in [0.25, 0.3) is 0 Å². The number of aromatic nitrogens is 4. The summed E-state index contributed by atoms with van der Waals surface area (Å²) in [4.78, 5) is 83.9. The molecule has 2 aliphatic rings. The molecule has 0 saturated carbocycles. The minimum atomic E-state index is -0.730. The Morgan fingerprint density at radius 1 is 0.904 bits per heavy atom. The maximum Gasteiger partial charge on any atom is 0.246 e. The molecule has 0 bridgehead atoms. The molecule has 6 heterocycles. The summed E-state index contributed by atoms with van der Waals surface area (Å²) in [6.07, 6.45) is 8.69. The van der Waals surface area contributed by atoms with Crippen LogP contribution in [0.5, 0.6) is 0 Å². The molecule has 278 valence electrons. The predicted octanol–water partition coefficient (Wildman–Crippen LogP) is 3.57. The highest BCUT2D eigenvalue weighted by molar-refractivity contribution is 7.26. The number of H-pyrrole nitrogens is 1. The number of hydrogen-bond donors (Lipinski definition) is 4. The number of nitrogens with one attached hydrogen (secondary N) is 3. The van der Waals surface area contributed by atoms with E-state index in [1.165, 1.54) is 18.3 Å². The number of rotatable bonds is 13. The number of carbonyl (C=O) groups excluding carboxylic acids is 5. The van der Waals surface area contributed by atoms with Crippen LogP contribution in [0.1, 0.15) is 77.9 Å². The summed E-state index contributed by atoms with van der Waals surface area (Å²) in [6.45, 7) is 9.28. The number of ketones is 1. The van der Waals surface area contributed by atoms with Crippen molar-refractivity contribution in [3.63, 3.8) is 0 Å². The van der Waals surface area contributed by atoms with E-state index in [2.05, 4.69) is 26.7 Å². The van der Waals surface area contributed by atoms with Crippen molar-refractivity contribution in [2.75, 3.05) is 19.7 Å². The van der Waals surface area contributed by atoms with E-state index in [-0.39, 0.29) is 47.8 Å². The fraction of sp³-hybridized carbons (Fsp3) is 0.528. The molecule has 14 nitrogen and oxygen atoms in total. The van der Waals surface area contributed by atoms with E-state index in [4.69, 9.17) is 4.98 Å². The van der Waals surface area contributed by atoms with Gasteiger partial charge >= 0.3 is 0 Å². The number of thiazole rings is 1. The molecule has 2 fully saturated rings. The van der Waals surface area contributed by atoms with Gasteiger partial charge in [-0.15, -0.1) is 11.3 Å². The molecule has 16 heteroatoms. The molecule has 0 aliphatic carbocycles. The van der Waals surface area contributed by atoms with Gasteiger partial charge < -0.3 is 30.5 Å². The van der Waals surface area contributed by atoms with Crippen molar-refractivity contribution in [3.8, 4) is 20.3 Å². The number of fused-ring (bicyclic) bond motifs is 1. The second-order valence-electron chi connectivity index (χ2n) is 14.3. The first-order valence-electron chi connectivity index (χ1n) is 17.8. The van der Waals surface area contributed by atoms with Gasteiger partial charge in [0.15, 0.2) is 10.7 Å². The number of amides is 4. The number of aliphatic hydroxyl groups excluding tert-OH is 1. The number of carbonyl (C=O) groups is 5. The van der Waals surface area contributed by atoms with Gasteiger partial charge in [-0.05, 0) is 49.7 Å². The van der Waals surface area contributed by atoms with Crippen LogP contribution in [0.2, 0.25) is 0 Å². The molecule has 0 aromatic carbocycles. The summed E-state index contributed by atoms with van der Waals surface area (Å²) in [5.74, 6) is -0.841. The molecular formula is C36H46N8O6S2. The monoisotopic (exact) mass is 750 g/mol. The molecule has 4 aromatic heterocycles. The van der Waals surface area contributed by atoms with E-state index in [0.29, 0.717) is 31.0 Å². The SMILES string of the molecule is CC(=O)N[C@H](C(=O)N1CCC[C@H]1C(=O)Cc1cn2cc(-c3ccc(-c4cnc([C@@H]5CCCN5C(=O)[C@@H](NC(=O)CO)C(C)C)[nH]4)s3)sc2n1)C(C)C. The van der Waals surface area contributed by atoms with Crippen LogP contribution in [0.25, 0.3) is 25.3 Å². The van der Waals surface area contributed by atoms with Crippen molar-refractivity contribution < 1.29 is 29.1 Å². The average molecular weight is 751 g/mol. The first-order valence-corrected chi connectivity index (χ1v) is 19.4. The quantitative estimate of drug-likeness (QED) is 0.160. The Balaban J connectivity index is 1.11. The van der Waals surface area contributed by atoms with Crippen molar-refractivity contribution >= 4 is 57.0 Å². The zero-order chi connectivity index (χ0) is 37.3. The minimum absolute atomic E-state index is 0.0534. The van der Waals surface area contributed by atoms with Gasteiger partial charge in [-0.25, -0.2) is 9.97 Å². The number of aliphatic hydroxyl groups is 1. The molecule has 4 atom stereocenters. The maximum absolute atomic E-state index is 13.5. The highest BCUT2D eigenvalue weighted by Gasteiger charge is 2.39. The third-order valence-corrected chi connectivity index (χ3v) is 12.0. The molecule has 0 radical (unpaired) electrons. The zero-order valence-corrected chi connectivity index (χ0v) is 31.7. The minimum Gasteiger partial charge on any atom is -0.387 e. The Hall–Kier alpha value is -4.41. The Labute approximate surface area is 310 Å². The Morgan fingerprint density at radius 2 is 1.58 bits per heavy atom. The molecule has 4 N–H and O–H groups in total. The van der Waals surface area contributed by atoms with Gasteiger partial charge in [0.05, 0.1) is 45.8 Å². The maximum atomic E-state index is 13.5. The lowest BCUT2D eigenvalue weighted by Gasteiger charge is -2.30. The summed E-state index contributed by atoms with van der Waals surface area (Å²) in [5.41, 5.74) is 1.49. The summed E-state index contributed by atoms with van der Waals surface area (Å²) in [7, 11) is 0. The first-order chi connectivity index (χ1) is 24.8. The summed E-state index contributed by atoms with van der Waals surface area (Å²) in [5, 5.41) is 14.6. The topological polar surface area (TPSA) is 182 Å². The van der Waals surface area contributed by atoms with Gasteiger partial charge in [-0.2, -0.15) is 0 Å². The smallest absolute Gasteiger partial charge is 0.246 e. The number of imidazole rings is 2. The second-order valence-corrected chi connectivity index (χ2v) is 16.3. The number of hydrogen-bond acceptors (Lipinski definition) is 10. The highest BCUT2D eigenvalue weighted by Crippen LogP contribution is 2.39. The lowest BCUT2D eigenvalue weighted by Crippen LogP contribution is -2.53. The third kappa shape index (κ3) is 7.83. The number of thiophene rings is 1. The van der Waals surface area contributed by atoms with E-state index in [9.17, 15) is 29.1 Å². The Morgan fingerprint density at radius 3 is 2.27 bits per heavy atom. The van der Waals surface area contributed by atoms with Crippen LogP contribution in [-0.4, -0.2) is 101 Å². The summed E-state index contributed by atoms with van der Waals surface area (Å²) < 4.78 is 1.93. The number of likely N-dealkylation sites (tertiary alicyclic amines) is 2. The van der Waals surface area contributed by atoms with Crippen LogP contribution >= 0.6 is 22.7 Å². The first kappa shape index (κ1) is 37.4. The molecule has 0 unspecified atom stereocenters. The fourth-order valence-electron chi connectivity index (χ4n) is 7.09. The fourth-order valence-corrected chi connectivity index (χ4v) is 9.12. The largest absolute Gasteiger partial charge is 0.387 e. The summed E-state index contributed by atoms with van der Waals surface area (Å²) in [6, 6.07) is 1.92. The summed E-state index contributed by atoms with van der Waals surface area (Å²) >= 11 is 3.14. The normalized spacial score (nSPS) is 18.8. The van der Waals surface area contributed by atoms with Gasteiger partial charge in [0.2, 0.25) is 23.6 Å². The molecule has 2 saturated heterocycles. The van der Waals surface area contributed by atoms with E-state index in [1.54, 1.807) is 27.3 Å². The van der Waals surface area contributed by atoms with Crippen LogP contribution in [0.4, 0.5) is 0 Å². The van der Waals surface area contributed by atoms with E-state index in [1.807, 2.05) is 50.6 Å². The molecule has 6 rings (SSSR count). The van der Waals surface area contributed by atoms with Gasteiger partial charge in [0.1, 0.15) is 24.5 Å². The Bertz CT molecular complexity index is 1930. The highest BCUT2D eigenvalue weighted by atomic mass is 32.1. The van der Waals surface area contributed by atoms with Crippen molar-refractivity contribution in [2.45, 2.75) is 90.9 Å². The van der Waals surface area contributed by atoms with Crippen LogP contribution in [0.15, 0.2) is 30.7 Å². The van der Waals surface area contributed by atoms with E-state index >= 15 is 0 Å². The van der Waals surface area contributed by atoms with Crippen molar-refractivity contribution in [3.05, 3.63) is 42.2 Å². The lowest BCUT2D eigenvalue weighted by molar-refractivity contribution is -0.141. The van der Waals surface area contributed by atoms with Crippen LogP contribution < -0.4 is 10.6 Å². The molecule has 2 aliphatic heterocycles. The van der Waals surface area contributed by atoms with Crippen molar-refractivity contribution in [1.29, 1.82) is 0 Å². The lowest BCUT2D eigenvalue weighted by atomic mass is 10.0. The van der Waals surface area contributed by atoms with Crippen LogP contribution in [-0.2, 0) is 30.4 Å². The molecular weight excluding hydrogens is 705 g/mol. The van der Waals surface area contributed by atoms with E-state index in [0.717, 1.165) is 44.5 Å². The van der Waals surface area contributed by atoms with Gasteiger partial charge in [-0.3, -0.25) is 28.4 Å². The van der Waals surface area contributed by atoms with Crippen LogP contribution in [0, 0.1) is 11.8 Å². The zero-order valence-electron chi connectivity index (χ0n) is 30.0. The van der Waals surface area contributed by atoms with Crippen LogP contribution in [0.3, 0.4) is 0 Å². The molecule has 52 heavy (non-hydrogen) atoms. The third-order valence-electron chi connectivity index (χ3n) is 9.71. The predicted molar refractivity (Wildman–Crippen MR) is 197 cm³/mol. The average Bonchev–Trinajstić information content (AvgIpc) is 3.94. The van der Waals surface area contributed by atoms with Crippen molar-refractivity contribution in [2.24, 2.45) is 11.8 Å². The Kier molecular flexibility index (Phi) is 11.3. The molecule has 0 spiro atoms. The van der Waals surface area contributed by atoms with Crippen molar-refractivity contribution in [1.82, 2.24) is 39.8 Å². The van der Waals surface area contributed by atoms with E-state index < -0.39 is 30.6 Å².